The predicted octanol–water partition coefficient (Wildman–Crippen LogP) is 3.81. The topological polar surface area (TPSA) is 93.5 Å². The molecule has 0 aliphatic heterocycles. The fraction of sp³-hybridized carbons (Fsp3) is 0.300. The number of benzene rings is 2. The third-order valence-corrected chi connectivity index (χ3v) is 4.52. The maximum atomic E-state index is 12.5. The van der Waals surface area contributed by atoms with E-state index in [-0.39, 0.29) is 41.8 Å². The predicted molar refractivity (Wildman–Crippen MR) is 114 cm³/mol. The van der Waals surface area contributed by atoms with Crippen LogP contribution >= 0.6 is 24.0 Å². The summed E-state index contributed by atoms with van der Waals surface area (Å²) >= 11 is 6.01. The Morgan fingerprint density at radius 3 is 2.57 bits per heavy atom. The second-order valence-corrected chi connectivity index (χ2v) is 6.65. The van der Waals surface area contributed by atoms with Gasteiger partial charge in [-0.3, -0.25) is 9.59 Å². The van der Waals surface area contributed by atoms with E-state index in [4.69, 9.17) is 22.1 Å². The number of nitrogen functional groups attached to an aromatic ring is 1. The molecule has 8 heteroatoms. The van der Waals surface area contributed by atoms with Crippen LogP contribution in [0.2, 0.25) is 5.02 Å². The number of carbonyl (C=O) groups excluding carboxylic acids is 2. The van der Waals surface area contributed by atoms with Crippen molar-refractivity contribution in [3.05, 3.63) is 58.1 Å². The van der Waals surface area contributed by atoms with Gasteiger partial charge in [0, 0.05) is 24.2 Å². The summed E-state index contributed by atoms with van der Waals surface area (Å²) in [6.07, 6.45) is 0.855. The van der Waals surface area contributed by atoms with E-state index in [1.165, 1.54) is 19.2 Å². The van der Waals surface area contributed by atoms with Crippen LogP contribution < -0.4 is 21.1 Å². The normalized spacial score (nSPS) is 11.1. The first kappa shape index (κ1) is 23.6. The molecule has 2 amide bonds. The Labute approximate surface area is 176 Å². The molecule has 1 unspecified atom stereocenters. The number of nitrogens with two attached hydrogens (primary N) is 1. The number of rotatable bonds is 7. The molecule has 0 aliphatic carbocycles. The zero-order chi connectivity index (χ0) is 20.0. The van der Waals surface area contributed by atoms with Crippen LogP contribution in [0, 0.1) is 0 Å². The molecule has 0 saturated carbocycles. The van der Waals surface area contributed by atoms with E-state index in [0.717, 1.165) is 12.0 Å². The van der Waals surface area contributed by atoms with Gasteiger partial charge in [-0.05, 0) is 37.1 Å². The van der Waals surface area contributed by atoms with Gasteiger partial charge in [0.05, 0.1) is 23.4 Å². The van der Waals surface area contributed by atoms with E-state index < -0.39 is 0 Å². The van der Waals surface area contributed by atoms with E-state index in [0.29, 0.717) is 22.6 Å². The van der Waals surface area contributed by atoms with Crippen LogP contribution in [-0.4, -0.2) is 25.0 Å². The fourth-order valence-electron chi connectivity index (χ4n) is 2.42. The first-order valence-corrected chi connectivity index (χ1v) is 9.04. The highest BCUT2D eigenvalue weighted by molar-refractivity contribution is 6.33. The highest BCUT2D eigenvalue weighted by atomic mass is 35.5. The van der Waals surface area contributed by atoms with Crippen LogP contribution in [0.3, 0.4) is 0 Å². The molecule has 152 valence electrons. The molecule has 2 rings (SSSR count). The molecule has 2 aromatic carbocycles. The molecular formula is C20H25Cl2N3O3. The summed E-state index contributed by atoms with van der Waals surface area (Å²) < 4.78 is 5.20. The second-order valence-electron chi connectivity index (χ2n) is 6.24. The first-order chi connectivity index (χ1) is 12.8. The van der Waals surface area contributed by atoms with Crippen LogP contribution in [0.4, 0.5) is 5.69 Å². The average molecular weight is 426 g/mol. The number of nitrogens with one attached hydrogen (secondary N) is 2. The zero-order valence-corrected chi connectivity index (χ0v) is 17.6. The number of ether oxygens (including phenoxy) is 1. The number of hydrogen-bond donors (Lipinski definition) is 3. The molecule has 1 atom stereocenters. The van der Waals surface area contributed by atoms with Gasteiger partial charge >= 0.3 is 0 Å². The minimum absolute atomic E-state index is 0. The van der Waals surface area contributed by atoms with E-state index >= 15 is 0 Å². The molecule has 6 nitrogen and oxygen atoms in total. The molecule has 2 aromatic rings. The monoisotopic (exact) mass is 425 g/mol. The lowest BCUT2D eigenvalue weighted by Gasteiger charge is -2.13. The smallest absolute Gasteiger partial charge is 0.255 e. The van der Waals surface area contributed by atoms with Crippen molar-refractivity contribution in [2.75, 3.05) is 12.8 Å². The van der Waals surface area contributed by atoms with Gasteiger partial charge in [-0.1, -0.05) is 30.7 Å². The summed E-state index contributed by atoms with van der Waals surface area (Å²) in [7, 11) is 1.46. The Morgan fingerprint density at radius 1 is 1.21 bits per heavy atom. The lowest BCUT2D eigenvalue weighted by atomic mass is 10.1. The molecule has 0 fully saturated rings. The highest BCUT2D eigenvalue weighted by Crippen LogP contribution is 2.28. The summed E-state index contributed by atoms with van der Waals surface area (Å²) in [5.41, 5.74) is 7.73. The van der Waals surface area contributed by atoms with Crippen LogP contribution in [-0.2, 0) is 6.54 Å². The van der Waals surface area contributed by atoms with Gasteiger partial charge in [0.15, 0.2) is 0 Å². The van der Waals surface area contributed by atoms with Crippen molar-refractivity contribution < 1.29 is 14.3 Å². The maximum absolute atomic E-state index is 12.5. The van der Waals surface area contributed by atoms with Crippen molar-refractivity contribution in [2.24, 2.45) is 0 Å². The fourth-order valence-corrected chi connectivity index (χ4v) is 2.59. The standard InChI is InChI=1S/C20H24ClN3O3.ClH/c1-4-12(2)24-19(25)14-7-5-6-13(8-14)11-23-20(26)15-9-16(21)17(22)10-18(15)27-3;/h5-10,12H,4,11,22H2,1-3H3,(H,23,26)(H,24,25);1H. The minimum Gasteiger partial charge on any atom is -0.496 e. The number of anilines is 1. The minimum atomic E-state index is -0.344. The number of hydrogen-bond acceptors (Lipinski definition) is 4. The molecule has 0 heterocycles. The lowest BCUT2D eigenvalue weighted by molar-refractivity contribution is 0.0936. The van der Waals surface area contributed by atoms with Gasteiger partial charge in [-0.15, -0.1) is 12.4 Å². The van der Waals surface area contributed by atoms with Crippen molar-refractivity contribution in [3.8, 4) is 5.75 Å². The third-order valence-electron chi connectivity index (χ3n) is 4.20. The number of halogens is 2. The molecule has 0 radical (unpaired) electrons. The molecular weight excluding hydrogens is 401 g/mol. The largest absolute Gasteiger partial charge is 0.496 e. The lowest BCUT2D eigenvalue weighted by Crippen LogP contribution is -2.32. The van der Waals surface area contributed by atoms with E-state index in [9.17, 15) is 9.59 Å². The molecule has 0 aliphatic rings. The van der Waals surface area contributed by atoms with Gasteiger partial charge in [0.1, 0.15) is 5.75 Å². The average Bonchev–Trinajstić information content (AvgIpc) is 2.67. The maximum Gasteiger partial charge on any atom is 0.255 e. The van der Waals surface area contributed by atoms with Crippen molar-refractivity contribution in [3.63, 3.8) is 0 Å². The molecule has 4 N–H and O–H groups in total. The van der Waals surface area contributed by atoms with E-state index in [2.05, 4.69) is 10.6 Å². The van der Waals surface area contributed by atoms with Crippen LogP contribution in [0.1, 0.15) is 46.5 Å². The van der Waals surface area contributed by atoms with Gasteiger partial charge in [-0.25, -0.2) is 0 Å². The van der Waals surface area contributed by atoms with Crippen LogP contribution in [0.15, 0.2) is 36.4 Å². The first-order valence-electron chi connectivity index (χ1n) is 8.66. The molecule has 0 aromatic heterocycles. The molecule has 0 saturated heterocycles. The van der Waals surface area contributed by atoms with Crippen molar-refractivity contribution >= 4 is 41.5 Å². The highest BCUT2D eigenvalue weighted by Gasteiger charge is 2.15. The van der Waals surface area contributed by atoms with E-state index in [1.54, 1.807) is 18.2 Å². The number of amides is 2. The quantitative estimate of drug-likeness (QED) is 0.587. The van der Waals surface area contributed by atoms with Gasteiger partial charge < -0.3 is 21.1 Å². The Hall–Kier alpha value is -2.44. The zero-order valence-electron chi connectivity index (χ0n) is 16.0. The Morgan fingerprint density at radius 2 is 1.93 bits per heavy atom. The Kier molecular flexibility index (Phi) is 9.09. The number of methoxy groups -OCH3 is 1. The van der Waals surface area contributed by atoms with Crippen LogP contribution in [0.25, 0.3) is 0 Å². The van der Waals surface area contributed by atoms with Gasteiger partial charge in [0.25, 0.3) is 11.8 Å². The van der Waals surface area contributed by atoms with Crippen molar-refractivity contribution in [2.45, 2.75) is 32.9 Å². The van der Waals surface area contributed by atoms with Gasteiger partial charge in [-0.2, -0.15) is 0 Å². The summed E-state index contributed by atoms with van der Waals surface area (Å²) in [6.45, 7) is 4.22. The summed E-state index contributed by atoms with van der Waals surface area (Å²) in [6, 6.07) is 10.2. The second kappa shape index (κ2) is 10.8. The summed E-state index contributed by atoms with van der Waals surface area (Å²) in [5.74, 6) is -0.135. The van der Waals surface area contributed by atoms with Crippen molar-refractivity contribution in [1.82, 2.24) is 10.6 Å². The molecule has 28 heavy (non-hydrogen) atoms. The van der Waals surface area contributed by atoms with Crippen molar-refractivity contribution in [1.29, 1.82) is 0 Å². The van der Waals surface area contributed by atoms with Crippen LogP contribution in [0.5, 0.6) is 5.75 Å². The summed E-state index contributed by atoms with van der Waals surface area (Å²) in [4.78, 5) is 24.7. The molecule has 0 spiro atoms. The summed E-state index contributed by atoms with van der Waals surface area (Å²) in [5, 5.41) is 6.01. The van der Waals surface area contributed by atoms with Gasteiger partial charge in [0.2, 0.25) is 0 Å². The molecule has 0 bridgehead atoms. The third kappa shape index (κ3) is 6.04. The van der Waals surface area contributed by atoms with E-state index in [1.807, 2.05) is 19.9 Å². The SMILES string of the molecule is CCC(C)NC(=O)c1cccc(CNC(=O)c2cc(Cl)c(N)cc2OC)c1.Cl. The Balaban J connectivity index is 0.00000392. The number of carbonyl (C=O) groups is 2. The Bertz CT molecular complexity index is 843.